The van der Waals surface area contributed by atoms with Gasteiger partial charge in [-0.3, -0.25) is 9.48 Å². The van der Waals surface area contributed by atoms with Crippen LogP contribution in [0, 0.1) is 5.92 Å². The monoisotopic (exact) mass is 668 g/mol. The van der Waals surface area contributed by atoms with Crippen molar-refractivity contribution in [2.45, 2.75) is 75.9 Å². The Hall–Kier alpha value is -3.99. The molecule has 4 aromatic rings. The quantitative estimate of drug-likeness (QED) is 0.183. The van der Waals surface area contributed by atoms with Crippen LogP contribution in [0.1, 0.15) is 61.4 Å². The molecule has 1 N–H and O–H groups in total. The average Bonchev–Trinajstić information content (AvgIpc) is 3.57. The lowest BCUT2D eigenvalue weighted by Crippen LogP contribution is -2.54. The molecule has 2 unspecified atom stereocenters. The maximum Gasteiger partial charge on any atom is 0.226 e. The van der Waals surface area contributed by atoms with Crippen LogP contribution < -0.4 is 19.6 Å². The molecule has 1 fully saturated rings. The van der Waals surface area contributed by atoms with Gasteiger partial charge in [0.25, 0.3) is 0 Å². The number of ether oxygens (including phenoxy) is 3. The molecular weight excluding hydrogens is 621 g/mol. The van der Waals surface area contributed by atoms with Crippen LogP contribution in [0.5, 0.6) is 11.5 Å². The Bertz CT molecular complexity index is 1680. The summed E-state index contributed by atoms with van der Waals surface area (Å²) < 4.78 is 20.6. The summed E-state index contributed by atoms with van der Waals surface area (Å²) in [7, 11) is 1.26. The van der Waals surface area contributed by atoms with Crippen molar-refractivity contribution < 1.29 is 24.1 Å². The zero-order valence-electron chi connectivity index (χ0n) is 28.7. The maximum absolute atomic E-state index is 12.8. The van der Waals surface area contributed by atoms with Crippen LogP contribution in [-0.2, 0) is 16.1 Å². The molecule has 9 nitrogen and oxygen atoms in total. The van der Waals surface area contributed by atoms with Crippen molar-refractivity contribution in [3.05, 3.63) is 95.8 Å². The molecule has 2 aliphatic rings. The topological polar surface area (TPSA) is 98.9 Å². The van der Waals surface area contributed by atoms with Crippen LogP contribution in [-0.4, -0.2) is 67.6 Å². The van der Waals surface area contributed by atoms with Crippen molar-refractivity contribution in [3.8, 4) is 11.5 Å². The Labute approximate surface area is 284 Å². The van der Waals surface area contributed by atoms with Crippen LogP contribution in [0.2, 0.25) is 18.6 Å². The van der Waals surface area contributed by atoms with Gasteiger partial charge in [0.15, 0.2) is 0 Å². The summed E-state index contributed by atoms with van der Waals surface area (Å²) in [6.45, 7) is 8.42. The molecule has 5 atom stereocenters. The van der Waals surface area contributed by atoms with Crippen LogP contribution in [0.3, 0.4) is 0 Å². The van der Waals surface area contributed by atoms with Gasteiger partial charge in [0.1, 0.15) is 17.6 Å². The van der Waals surface area contributed by atoms with Crippen molar-refractivity contribution in [1.82, 2.24) is 15.0 Å². The molecule has 0 bridgehead atoms. The number of anilines is 1. The summed E-state index contributed by atoms with van der Waals surface area (Å²) in [5, 5.41) is 20.6. The minimum atomic E-state index is -2.20. The molecule has 1 amide bonds. The number of aliphatic hydroxyl groups excluding tert-OH is 1. The zero-order chi connectivity index (χ0) is 33.8. The van der Waals surface area contributed by atoms with E-state index >= 15 is 0 Å². The molecule has 48 heavy (non-hydrogen) atoms. The molecule has 0 spiro atoms. The first-order chi connectivity index (χ1) is 23.2. The van der Waals surface area contributed by atoms with E-state index in [9.17, 15) is 9.90 Å². The van der Waals surface area contributed by atoms with Gasteiger partial charge in [0.2, 0.25) is 5.91 Å². The van der Waals surface area contributed by atoms with Gasteiger partial charge in [-0.15, -0.1) is 5.10 Å². The van der Waals surface area contributed by atoms with Gasteiger partial charge in [-0.2, -0.15) is 0 Å². The van der Waals surface area contributed by atoms with Gasteiger partial charge in [0.05, 0.1) is 39.5 Å². The number of nitrogens with zero attached hydrogens (tertiary/aromatic N) is 4. The number of carbonyl (C=O) groups excluding carboxylic acids is 1. The Morgan fingerprint density at radius 2 is 1.81 bits per heavy atom. The number of carbonyl (C=O) groups is 1. The zero-order valence-corrected chi connectivity index (χ0v) is 29.7. The van der Waals surface area contributed by atoms with Gasteiger partial charge in [0, 0.05) is 50.0 Å². The third-order valence-corrected chi connectivity index (χ3v) is 14.9. The molecule has 10 heteroatoms. The number of fused-ring (bicyclic) bond motifs is 1. The molecule has 1 saturated heterocycles. The Morgan fingerprint density at radius 1 is 1.04 bits per heavy atom. The summed E-state index contributed by atoms with van der Waals surface area (Å²) in [5.41, 5.74) is 3.87. The highest BCUT2D eigenvalue weighted by Crippen LogP contribution is 2.48. The molecule has 0 radical (unpaired) electrons. The second-order valence-corrected chi connectivity index (χ2v) is 18.5. The summed E-state index contributed by atoms with van der Waals surface area (Å²) in [4.78, 5) is 14.7. The van der Waals surface area contributed by atoms with Crippen LogP contribution >= 0.6 is 0 Å². The minimum absolute atomic E-state index is 0.0401. The van der Waals surface area contributed by atoms with E-state index < -0.39 is 8.07 Å². The predicted octanol–water partition coefficient (Wildman–Crippen LogP) is 6.09. The summed E-state index contributed by atoms with van der Waals surface area (Å²) in [6, 6.07) is 24.6. The van der Waals surface area contributed by atoms with E-state index in [-0.39, 0.29) is 42.1 Å². The van der Waals surface area contributed by atoms with E-state index in [4.69, 9.17) is 14.2 Å². The van der Waals surface area contributed by atoms with E-state index in [1.807, 2.05) is 70.4 Å². The molecule has 0 aliphatic carbocycles. The van der Waals surface area contributed by atoms with E-state index in [0.29, 0.717) is 13.0 Å². The first-order valence-electron chi connectivity index (χ1n) is 17.1. The number of rotatable bonds is 12. The van der Waals surface area contributed by atoms with Gasteiger partial charge >= 0.3 is 0 Å². The van der Waals surface area contributed by atoms with Gasteiger partial charge in [-0.25, -0.2) is 0 Å². The van der Waals surface area contributed by atoms with Crippen molar-refractivity contribution in [2.24, 2.45) is 5.92 Å². The van der Waals surface area contributed by atoms with Crippen LogP contribution in [0.25, 0.3) is 0 Å². The first-order valence-corrected chi connectivity index (χ1v) is 20.2. The largest absolute Gasteiger partial charge is 0.497 e. The highest BCUT2D eigenvalue weighted by molar-refractivity contribution is 6.91. The van der Waals surface area contributed by atoms with Crippen molar-refractivity contribution in [1.29, 1.82) is 0 Å². The van der Waals surface area contributed by atoms with E-state index in [1.54, 1.807) is 14.2 Å². The average molecular weight is 669 g/mol. The number of aryl methyl sites for hydroxylation is 1. The minimum Gasteiger partial charge on any atom is -0.497 e. The van der Waals surface area contributed by atoms with Gasteiger partial charge < -0.3 is 24.2 Å². The Morgan fingerprint density at radius 3 is 2.50 bits per heavy atom. The molecule has 3 heterocycles. The van der Waals surface area contributed by atoms with Crippen LogP contribution in [0.15, 0.2) is 79.0 Å². The number of hydrogen-bond acceptors (Lipinski definition) is 7. The highest BCUT2D eigenvalue weighted by atomic mass is 28.3. The third kappa shape index (κ3) is 6.79. The number of aromatic nitrogens is 3. The lowest BCUT2D eigenvalue weighted by molar-refractivity contribution is -0.119. The van der Waals surface area contributed by atoms with E-state index in [0.717, 1.165) is 59.8 Å². The Kier molecular flexibility index (Phi) is 10.3. The van der Waals surface area contributed by atoms with E-state index in [1.165, 1.54) is 5.19 Å². The second-order valence-electron chi connectivity index (χ2n) is 13.7. The fourth-order valence-corrected chi connectivity index (χ4v) is 11.2. The predicted molar refractivity (Wildman–Crippen MR) is 190 cm³/mol. The summed E-state index contributed by atoms with van der Waals surface area (Å²) in [6.07, 6.45) is 5.04. The molecule has 1 aromatic heterocycles. The fourth-order valence-electron chi connectivity index (χ4n) is 7.69. The molecule has 3 aromatic carbocycles. The third-order valence-electron chi connectivity index (χ3n) is 10.6. The molecule has 0 saturated carbocycles. The smallest absolute Gasteiger partial charge is 0.226 e. The Balaban J connectivity index is 1.31. The van der Waals surface area contributed by atoms with Gasteiger partial charge in [-0.05, 0) is 60.7 Å². The molecule has 2 aliphatic heterocycles. The second kappa shape index (κ2) is 14.6. The van der Waals surface area contributed by atoms with Crippen molar-refractivity contribution in [2.75, 3.05) is 32.3 Å². The van der Waals surface area contributed by atoms with Crippen LogP contribution in [0.4, 0.5) is 5.69 Å². The summed E-state index contributed by atoms with van der Waals surface area (Å²) >= 11 is 0. The SMILES string of the molecule is COc1ccc([Si](C)(C)C(CCn2cc(C(CO)c3ccccc3)nn2)[C@H]2Oc3ccc(N4CCCCC4=O)cc3[C@@H](OC)[C@@H]2C)cc1. The van der Waals surface area contributed by atoms with Crippen molar-refractivity contribution in [3.63, 3.8) is 0 Å². The van der Waals surface area contributed by atoms with E-state index in [2.05, 4.69) is 48.5 Å². The molecular formula is C38H48N4O5Si. The lowest BCUT2D eigenvalue weighted by atomic mass is 9.86. The number of hydrogen-bond donors (Lipinski definition) is 1. The number of benzene rings is 3. The normalized spacial score (nSPS) is 20.9. The number of piperidine rings is 1. The number of methoxy groups -OCH3 is 2. The molecule has 6 rings (SSSR count). The number of aliphatic hydroxyl groups is 1. The van der Waals surface area contributed by atoms with Gasteiger partial charge in [-0.1, -0.05) is 72.9 Å². The standard InChI is InChI=1S/C38H48N4O5Si/c1-26-37(46-3)31-23-28(42-21-10-9-13-36(42)44)14-19-34(31)47-38(26)35(48(4,5)30-17-15-29(45-2)16-18-30)20-22-41-24-33(39-40-41)32(25-43)27-11-7-6-8-12-27/h6-8,11-12,14-19,23-24,26,32,35,37-38,43H,9-10,13,20-22,25H2,1-5H3/t26-,32?,35?,37-,38-/m0/s1. The first kappa shape index (κ1) is 33.9. The molecule has 254 valence electrons. The summed E-state index contributed by atoms with van der Waals surface area (Å²) in [5.74, 6) is 1.65. The number of amides is 1. The van der Waals surface area contributed by atoms with Crippen molar-refractivity contribution >= 4 is 24.9 Å². The lowest BCUT2D eigenvalue weighted by Gasteiger charge is -2.46. The fraction of sp³-hybridized carbons (Fsp3) is 0.447. The highest BCUT2D eigenvalue weighted by Gasteiger charge is 2.47. The maximum atomic E-state index is 12.8.